The lowest BCUT2D eigenvalue weighted by Crippen LogP contribution is -2.19. The van der Waals surface area contributed by atoms with Crippen molar-refractivity contribution in [2.24, 2.45) is 5.73 Å². The smallest absolute Gasteiger partial charge is 0.305 e. The van der Waals surface area contributed by atoms with Crippen molar-refractivity contribution in [3.05, 3.63) is 0 Å². The lowest BCUT2D eigenvalue weighted by atomic mass is 10.3. The molecule has 0 fully saturated rings. The molecule has 0 saturated heterocycles. The number of aliphatic hydroxyl groups excluding tert-OH is 1. The summed E-state index contributed by atoms with van der Waals surface area (Å²) in [5.74, 6) is -0.348. The number of ether oxygens (including phenoxy) is 1. The van der Waals surface area contributed by atoms with Crippen LogP contribution in [0.2, 0.25) is 0 Å². The monoisotopic (exact) mass is 133 g/mol. The van der Waals surface area contributed by atoms with Crippen LogP contribution in [-0.4, -0.2) is 24.4 Å². The summed E-state index contributed by atoms with van der Waals surface area (Å²) in [5, 5.41) is 8.47. The van der Waals surface area contributed by atoms with E-state index in [4.69, 9.17) is 10.8 Å². The van der Waals surface area contributed by atoms with Crippen LogP contribution in [0.1, 0.15) is 12.8 Å². The summed E-state index contributed by atoms with van der Waals surface area (Å²) in [7, 11) is 1.30. The molecule has 0 spiro atoms. The maximum Gasteiger partial charge on any atom is 0.305 e. The third kappa shape index (κ3) is 5.26. The summed E-state index contributed by atoms with van der Waals surface area (Å²) in [6, 6.07) is 0. The lowest BCUT2D eigenvalue weighted by Gasteiger charge is -2.00. The van der Waals surface area contributed by atoms with Crippen molar-refractivity contribution in [2.75, 3.05) is 7.11 Å². The van der Waals surface area contributed by atoms with E-state index in [1.54, 1.807) is 0 Å². The summed E-state index contributed by atoms with van der Waals surface area (Å²) in [4.78, 5) is 10.3. The van der Waals surface area contributed by atoms with Gasteiger partial charge < -0.3 is 15.6 Å². The number of nitrogens with two attached hydrogens (primary N) is 1. The Morgan fingerprint density at radius 1 is 1.89 bits per heavy atom. The topological polar surface area (TPSA) is 72.5 Å². The average molecular weight is 133 g/mol. The highest BCUT2D eigenvalue weighted by molar-refractivity contribution is 5.69. The minimum atomic E-state index is -0.913. The van der Waals surface area contributed by atoms with Crippen molar-refractivity contribution in [1.82, 2.24) is 0 Å². The Morgan fingerprint density at radius 3 is 2.78 bits per heavy atom. The molecular weight excluding hydrogens is 122 g/mol. The Morgan fingerprint density at radius 2 is 2.44 bits per heavy atom. The molecule has 54 valence electrons. The van der Waals surface area contributed by atoms with Crippen molar-refractivity contribution in [2.45, 2.75) is 19.1 Å². The van der Waals surface area contributed by atoms with Crippen LogP contribution < -0.4 is 5.73 Å². The first kappa shape index (κ1) is 8.39. The maximum absolute atomic E-state index is 10.3. The number of hydrogen-bond donors (Lipinski definition) is 2. The molecule has 1 atom stereocenters. The first-order chi connectivity index (χ1) is 4.16. The van der Waals surface area contributed by atoms with Gasteiger partial charge in [0.25, 0.3) is 0 Å². The molecule has 0 saturated carbocycles. The largest absolute Gasteiger partial charge is 0.469 e. The molecule has 3 N–H and O–H groups in total. The van der Waals surface area contributed by atoms with Crippen molar-refractivity contribution in [3.8, 4) is 0 Å². The third-order valence-corrected chi connectivity index (χ3v) is 0.872. The minimum absolute atomic E-state index is 0.175. The predicted octanol–water partition coefficient (Wildman–Crippen LogP) is -0.783. The van der Waals surface area contributed by atoms with E-state index in [1.165, 1.54) is 7.11 Å². The van der Waals surface area contributed by atoms with Crippen LogP contribution in [-0.2, 0) is 9.53 Å². The molecule has 0 bridgehead atoms. The van der Waals surface area contributed by atoms with Gasteiger partial charge >= 0.3 is 5.97 Å². The van der Waals surface area contributed by atoms with Crippen molar-refractivity contribution in [3.63, 3.8) is 0 Å². The van der Waals surface area contributed by atoms with Gasteiger partial charge in [0, 0.05) is 6.42 Å². The van der Waals surface area contributed by atoms with Gasteiger partial charge in [0.15, 0.2) is 0 Å². The van der Waals surface area contributed by atoms with Gasteiger partial charge in [-0.25, -0.2) is 0 Å². The van der Waals surface area contributed by atoms with Crippen molar-refractivity contribution >= 4 is 5.97 Å². The van der Waals surface area contributed by atoms with E-state index in [-0.39, 0.29) is 18.8 Å². The van der Waals surface area contributed by atoms with E-state index >= 15 is 0 Å². The van der Waals surface area contributed by atoms with Gasteiger partial charge in [-0.2, -0.15) is 0 Å². The molecule has 0 aliphatic rings. The highest BCUT2D eigenvalue weighted by Crippen LogP contribution is 1.92. The maximum atomic E-state index is 10.3. The Hall–Kier alpha value is -0.610. The molecule has 0 heterocycles. The molecule has 4 heteroatoms. The number of aliphatic hydroxyl groups is 1. The summed E-state index contributed by atoms with van der Waals surface area (Å²) < 4.78 is 4.30. The molecule has 0 aliphatic carbocycles. The first-order valence-corrected chi connectivity index (χ1v) is 2.67. The molecule has 9 heavy (non-hydrogen) atoms. The molecule has 4 nitrogen and oxygen atoms in total. The fourth-order valence-corrected chi connectivity index (χ4v) is 0.368. The minimum Gasteiger partial charge on any atom is -0.469 e. The number of carbonyl (C=O) groups excluding carboxylic acids is 1. The second kappa shape index (κ2) is 4.29. The van der Waals surface area contributed by atoms with E-state index < -0.39 is 6.23 Å². The fourth-order valence-electron chi connectivity index (χ4n) is 0.368. The third-order valence-electron chi connectivity index (χ3n) is 0.872. The lowest BCUT2D eigenvalue weighted by molar-refractivity contribution is -0.141. The highest BCUT2D eigenvalue weighted by Gasteiger charge is 2.02. The van der Waals surface area contributed by atoms with E-state index in [0.29, 0.717) is 0 Å². The van der Waals surface area contributed by atoms with E-state index in [2.05, 4.69) is 4.74 Å². The van der Waals surface area contributed by atoms with Crippen LogP contribution in [0.3, 0.4) is 0 Å². The van der Waals surface area contributed by atoms with Gasteiger partial charge in [-0.05, 0) is 6.42 Å². The molecular formula is C5H11NO3. The quantitative estimate of drug-likeness (QED) is 0.391. The van der Waals surface area contributed by atoms with Gasteiger partial charge in [-0.3, -0.25) is 4.79 Å². The summed E-state index contributed by atoms with van der Waals surface area (Å²) in [5.41, 5.74) is 4.94. The number of methoxy groups -OCH3 is 1. The van der Waals surface area contributed by atoms with Gasteiger partial charge in [0.2, 0.25) is 0 Å². The zero-order chi connectivity index (χ0) is 7.28. The zero-order valence-corrected chi connectivity index (χ0v) is 5.33. The van der Waals surface area contributed by atoms with Crippen LogP contribution in [0.15, 0.2) is 0 Å². The second-order valence-electron chi connectivity index (χ2n) is 1.68. The molecule has 0 rings (SSSR count). The molecule has 0 aliphatic heterocycles. The molecule has 1 unspecified atom stereocenters. The fraction of sp³-hybridized carbons (Fsp3) is 0.800. The number of esters is 1. The molecule has 0 aromatic rings. The summed E-state index contributed by atoms with van der Waals surface area (Å²) in [6.07, 6.45) is -0.481. The Bertz CT molecular complexity index is 92.2. The Kier molecular flexibility index (Phi) is 4.00. The van der Waals surface area contributed by atoms with Gasteiger partial charge in [0.1, 0.15) is 6.23 Å². The van der Waals surface area contributed by atoms with Crippen LogP contribution in [0.5, 0.6) is 0 Å². The summed E-state index contributed by atoms with van der Waals surface area (Å²) >= 11 is 0. The van der Waals surface area contributed by atoms with Crippen LogP contribution in [0.25, 0.3) is 0 Å². The van der Waals surface area contributed by atoms with E-state index in [0.717, 1.165) is 0 Å². The van der Waals surface area contributed by atoms with Crippen LogP contribution >= 0.6 is 0 Å². The normalized spacial score (nSPS) is 12.8. The van der Waals surface area contributed by atoms with E-state index in [9.17, 15) is 4.79 Å². The van der Waals surface area contributed by atoms with Crippen molar-refractivity contribution < 1.29 is 14.6 Å². The van der Waals surface area contributed by atoms with Gasteiger partial charge in [-0.15, -0.1) is 0 Å². The molecule has 0 radical (unpaired) electrons. The van der Waals surface area contributed by atoms with Gasteiger partial charge in [0.05, 0.1) is 7.11 Å². The number of carbonyl (C=O) groups is 1. The molecule has 0 amide bonds. The number of rotatable bonds is 3. The van der Waals surface area contributed by atoms with Crippen molar-refractivity contribution in [1.29, 1.82) is 0 Å². The van der Waals surface area contributed by atoms with Crippen LogP contribution in [0.4, 0.5) is 0 Å². The number of hydrogen-bond acceptors (Lipinski definition) is 4. The Balaban J connectivity index is 3.17. The van der Waals surface area contributed by atoms with E-state index in [1.807, 2.05) is 0 Å². The average Bonchev–Trinajstić information content (AvgIpc) is 1.83. The SMILES string of the molecule is COC(=O)CCC(N)O. The first-order valence-electron chi connectivity index (χ1n) is 2.67. The van der Waals surface area contributed by atoms with Gasteiger partial charge in [-0.1, -0.05) is 0 Å². The van der Waals surface area contributed by atoms with Crippen LogP contribution in [0, 0.1) is 0 Å². The predicted molar refractivity (Wildman–Crippen MR) is 31.4 cm³/mol. The second-order valence-corrected chi connectivity index (χ2v) is 1.68. The molecule has 0 aromatic heterocycles. The zero-order valence-electron chi connectivity index (χ0n) is 5.33. The Labute approximate surface area is 53.6 Å². The highest BCUT2D eigenvalue weighted by atomic mass is 16.5. The standard InChI is InChI=1S/C5H11NO3/c1-9-5(8)3-2-4(6)7/h4,7H,2-3,6H2,1H3. The molecule has 0 aromatic carbocycles. The summed E-state index contributed by atoms with van der Waals surface area (Å²) in [6.45, 7) is 0.